The lowest BCUT2D eigenvalue weighted by atomic mass is 9.93. The van der Waals surface area contributed by atoms with Crippen LogP contribution in [-0.2, 0) is 18.5 Å². The van der Waals surface area contributed by atoms with Crippen LogP contribution >= 0.6 is 11.3 Å². The first-order valence-corrected chi connectivity index (χ1v) is 8.08. The van der Waals surface area contributed by atoms with Crippen molar-refractivity contribution in [1.29, 1.82) is 0 Å². The van der Waals surface area contributed by atoms with E-state index in [2.05, 4.69) is 41.0 Å². The summed E-state index contributed by atoms with van der Waals surface area (Å²) in [5, 5.41) is 6.84. The van der Waals surface area contributed by atoms with Crippen LogP contribution < -0.4 is 5.32 Å². The molecular formula is C15H22N4S. The second-order valence-electron chi connectivity index (χ2n) is 6.50. The molecular weight excluding hydrogens is 268 g/mol. The van der Waals surface area contributed by atoms with Gasteiger partial charge < -0.3 is 9.88 Å². The molecule has 1 aliphatic rings. The Bertz CT molecular complexity index is 575. The van der Waals surface area contributed by atoms with Crippen molar-refractivity contribution in [3.8, 4) is 0 Å². The molecule has 2 heterocycles. The topological polar surface area (TPSA) is 42.7 Å². The average molecular weight is 290 g/mol. The lowest BCUT2D eigenvalue weighted by Crippen LogP contribution is -2.19. The fourth-order valence-corrected chi connectivity index (χ4v) is 3.07. The molecule has 4 nitrogen and oxygen atoms in total. The Labute approximate surface area is 124 Å². The predicted molar refractivity (Wildman–Crippen MR) is 82.0 cm³/mol. The number of hydrogen-bond acceptors (Lipinski definition) is 4. The summed E-state index contributed by atoms with van der Waals surface area (Å²) in [6, 6.07) is 0.715. The highest BCUT2D eigenvalue weighted by Gasteiger charge is 2.21. The second kappa shape index (κ2) is 5.30. The molecule has 0 bridgehead atoms. The predicted octanol–water partition coefficient (Wildman–Crippen LogP) is 2.94. The van der Waals surface area contributed by atoms with Gasteiger partial charge in [-0.2, -0.15) is 0 Å². The van der Waals surface area contributed by atoms with Gasteiger partial charge in [0.15, 0.2) is 0 Å². The molecule has 0 radical (unpaired) electrons. The van der Waals surface area contributed by atoms with E-state index >= 15 is 0 Å². The normalized spacial score (nSPS) is 15.8. The average Bonchev–Trinajstić information content (AvgIpc) is 2.90. The van der Waals surface area contributed by atoms with Crippen molar-refractivity contribution in [1.82, 2.24) is 19.9 Å². The monoisotopic (exact) mass is 290 g/mol. The molecule has 2 aromatic rings. The zero-order chi connectivity index (χ0) is 14.2. The maximum Gasteiger partial charge on any atom is 0.123 e. The van der Waals surface area contributed by atoms with Crippen molar-refractivity contribution in [2.24, 2.45) is 0 Å². The summed E-state index contributed by atoms with van der Waals surface area (Å²) in [6.07, 6.45) is 6.54. The first-order valence-electron chi connectivity index (χ1n) is 7.20. The quantitative estimate of drug-likeness (QED) is 0.920. The number of aromatic nitrogens is 3. The van der Waals surface area contributed by atoms with Crippen LogP contribution in [-0.4, -0.2) is 20.6 Å². The van der Waals surface area contributed by atoms with Crippen molar-refractivity contribution < 1.29 is 0 Å². The van der Waals surface area contributed by atoms with Gasteiger partial charge in [-0.1, -0.05) is 20.8 Å². The highest BCUT2D eigenvalue weighted by Crippen LogP contribution is 2.24. The number of nitrogens with one attached hydrogen (secondary N) is 1. The lowest BCUT2D eigenvalue weighted by molar-refractivity contribution is 0.567. The smallest absolute Gasteiger partial charge is 0.123 e. The summed E-state index contributed by atoms with van der Waals surface area (Å²) in [4.78, 5) is 9.20. The van der Waals surface area contributed by atoms with Crippen LogP contribution in [0.15, 0.2) is 17.8 Å². The van der Waals surface area contributed by atoms with Gasteiger partial charge in [-0.15, -0.1) is 11.3 Å². The first kappa shape index (κ1) is 13.8. The minimum Gasteiger partial charge on any atom is -0.327 e. The Morgan fingerprint density at radius 3 is 2.85 bits per heavy atom. The molecule has 0 saturated heterocycles. The molecule has 1 fully saturated rings. The molecule has 0 aromatic carbocycles. The fraction of sp³-hybridized carbons (Fsp3) is 0.600. The third kappa shape index (κ3) is 3.27. The number of hydrogen-bond donors (Lipinski definition) is 1. The van der Waals surface area contributed by atoms with Crippen molar-refractivity contribution in [2.75, 3.05) is 0 Å². The molecule has 5 heteroatoms. The van der Waals surface area contributed by atoms with Gasteiger partial charge in [0.05, 0.1) is 18.8 Å². The fourth-order valence-electron chi connectivity index (χ4n) is 2.05. The van der Waals surface area contributed by atoms with Crippen molar-refractivity contribution in [3.63, 3.8) is 0 Å². The number of thiazole rings is 1. The minimum atomic E-state index is 0.125. The Kier molecular flexibility index (Phi) is 3.65. The first-order chi connectivity index (χ1) is 9.52. The van der Waals surface area contributed by atoms with Crippen LogP contribution in [0.1, 0.15) is 50.1 Å². The van der Waals surface area contributed by atoms with E-state index in [0.29, 0.717) is 6.04 Å². The maximum atomic E-state index is 4.75. The van der Waals surface area contributed by atoms with E-state index in [1.54, 1.807) is 11.3 Å². The third-order valence-electron chi connectivity index (χ3n) is 3.55. The standard InChI is InChI=1S/C15H22N4S/c1-15(2,3)12-10-20-14(18-12)9-19-7-6-16-13(19)8-17-11-4-5-11/h6-7,10-11,17H,4-5,8-9H2,1-3H3. The summed E-state index contributed by atoms with van der Waals surface area (Å²) < 4.78 is 2.20. The van der Waals surface area contributed by atoms with E-state index in [9.17, 15) is 0 Å². The van der Waals surface area contributed by atoms with E-state index < -0.39 is 0 Å². The van der Waals surface area contributed by atoms with Crippen LogP contribution in [0.4, 0.5) is 0 Å². The highest BCUT2D eigenvalue weighted by molar-refractivity contribution is 7.09. The van der Waals surface area contributed by atoms with Crippen LogP contribution in [0.3, 0.4) is 0 Å². The zero-order valence-corrected chi connectivity index (χ0v) is 13.2. The zero-order valence-electron chi connectivity index (χ0n) is 12.4. The lowest BCUT2D eigenvalue weighted by Gasteiger charge is -2.14. The van der Waals surface area contributed by atoms with Gasteiger partial charge in [0, 0.05) is 29.2 Å². The molecule has 2 aromatic heterocycles. The molecule has 1 aliphatic carbocycles. The van der Waals surface area contributed by atoms with Gasteiger partial charge in [0.1, 0.15) is 10.8 Å². The van der Waals surface area contributed by atoms with E-state index in [4.69, 9.17) is 4.98 Å². The largest absolute Gasteiger partial charge is 0.327 e. The van der Waals surface area contributed by atoms with Gasteiger partial charge >= 0.3 is 0 Å². The van der Waals surface area contributed by atoms with Crippen LogP contribution in [0, 0.1) is 0 Å². The molecule has 0 atom stereocenters. The van der Waals surface area contributed by atoms with E-state index in [-0.39, 0.29) is 5.41 Å². The van der Waals surface area contributed by atoms with Gasteiger partial charge in [-0.25, -0.2) is 9.97 Å². The van der Waals surface area contributed by atoms with Crippen molar-refractivity contribution in [2.45, 2.75) is 58.2 Å². The minimum absolute atomic E-state index is 0.125. The SMILES string of the molecule is CC(C)(C)c1csc(Cn2ccnc2CNC2CC2)n1. The third-order valence-corrected chi connectivity index (χ3v) is 4.39. The molecule has 0 aliphatic heterocycles. The van der Waals surface area contributed by atoms with E-state index in [0.717, 1.165) is 23.9 Å². The van der Waals surface area contributed by atoms with Gasteiger partial charge in [0.2, 0.25) is 0 Å². The van der Waals surface area contributed by atoms with Crippen LogP contribution in [0.2, 0.25) is 0 Å². The van der Waals surface area contributed by atoms with Crippen LogP contribution in [0.25, 0.3) is 0 Å². The second-order valence-corrected chi connectivity index (χ2v) is 7.45. The highest BCUT2D eigenvalue weighted by atomic mass is 32.1. The number of imidazole rings is 1. The molecule has 20 heavy (non-hydrogen) atoms. The molecule has 0 unspecified atom stereocenters. The van der Waals surface area contributed by atoms with E-state index in [1.807, 2.05) is 12.4 Å². The molecule has 0 amide bonds. The van der Waals surface area contributed by atoms with Gasteiger partial charge in [0.25, 0.3) is 0 Å². The number of nitrogens with zero attached hydrogens (tertiary/aromatic N) is 3. The Morgan fingerprint density at radius 1 is 1.40 bits per heavy atom. The Morgan fingerprint density at radius 2 is 2.20 bits per heavy atom. The van der Waals surface area contributed by atoms with Gasteiger partial charge in [-0.05, 0) is 12.8 Å². The summed E-state index contributed by atoms with van der Waals surface area (Å²) >= 11 is 1.74. The van der Waals surface area contributed by atoms with Crippen molar-refractivity contribution >= 4 is 11.3 Å². The van der Waals surface area contributed by atoms with Crippen molar-refractivity contribution in [3.05, 3.63) is 34.3 Å². The molecule has 1 N–H and O–H groups in total. The Balaban J connectivity index is 1.67. The molecule has 3 rings (SSSR count). The molecule has 108 valence electrons. The van der Waals surface area contributed by atoms with Crippen LogP contribution in [0.5, 0.6) is 0 Å². The maximum absolute atomic E-state index is 4.75. The van der Waals surface area contributed by atoms with E-state index in [1.165, 1.54) is 18.5 Å². The Hall–Kier alpha value is -1.20. The van der Waals surface area contributed by atoms with Gasteiger partial charge in [-0.3, -0.25) is 0 Å². The number of rotatable bonds is 5. The summed E-state index contributed by atoms with van der Waals surface area (Å²) in [5.74, 6) is 1.10. The summed E-state index contributed by atoms with van der Waals surface area (Å²) in [7, 11) is 0. The molecule has 0 spiro atoms. The summed E-state index contributed by atoms with van der Waals surface area (Å²) in [5.41, 5.74) is 1.30. The molecule has 1 saturated carbocycles. The summed E-state index contributed by atoms with van der Waals surface area (Å²) in [6.45, 7) is 8.29.